The number of methoxy groups -OCH3 is 1. The van der Waals surface area contributed by atoms with Crippen LogP contribution in [0.4, 0.5) is 13.2 Å². The standard InChI is InChI=1S/C15H23F3O2.C12H18O.C9H13NO4.6CH4/c1-8-9(2)11-6-10(8)7-14(11,15(16,17)18)12(19)20-13(3,4)5;1-5-8(2)11-6-9(3)12(13)10(4)7-11;1-5-6(2)9(13)10(8(5)12)4-7(11)14-3;;;;;;/h8-11H,6-7H2,1-5H3;6-8,13H,5H2,1-4H3;5-6H,4H2,1-3H3;6*1H4. The summed E-state index contributed by atoms with van der Waals surface area (Å²) >= 11 is 0. The van der Waals surface area contributed by atoms with Gasteiger partial charge in [-0.3, -0.25) is 24.1 Å². The van der Waals surface area contributed by atoms with E-state index in [1.807, 2.05) is 27.7 Å². The van der Waals surface area contributed by atoms with Crippen molar-refractivity contribution >= 4 is 23.8 Å². The van der Waals surface area contributed by atoms with Crippen LogP contribution in [0, 0.1) is 54.8 Å². The highest BCUT2D eigenvalue weighted by Crippen LogP contribution is 2.66. The second-order valence-corrected chi connectivity index (χ2v) is 14.7. The first-order valence-corrected chi connectivity index (χ1v) is 16.5. The van der Waals surface area contributed by atoms with Gasteiger partial charge in [0.1, 0.15) is 17.9 Å². The van der Waals surface area contributed by atoms with Gasteiger partial charge in [-0.25, -0.2) is 0 Å². The van der Waals surface area contributed by atoms with Crippen LogP contribution in [0.25, 0.3) is 0 Å². The van der Waals surface area contributed by atoms with E-state index < -0.39 is 35.0 Å². The smallest absolute Gasteiger partial charge is 0.405 e. The van der Waals surface area contributed by atoms with E-state index >= 15 is 0 Å². The molecule has 314 valence electrons. The molecule has 4 rings (SSSR count). The Morgan fingerprint density at radius 1 is 0.906 bits per heavy atom. The van der Waals surface area contributed by atoms with Gasteiger partial charge in [0.2, 0.25) is 11.8 Å². The van der Waals surface area contributed by atoms with Crippen LogP contribution in [0.3, 0.4) is 0 Å². The predicted octanol–water partition coefficient (Wildman–Crippen LogP) is 11.3. The molecule has 1 aliphatic heterocycles. The monoisotopic (exact) mass is 766 g/mol. The Labute approximate surface area is 322 Å². The van der Waals surface area contributed by atoms with Gasteiger partial charge in [0, 0.05) is 11.8 Å². The van der Waals surface area contributed by atoms with E-state index in [1.165, 1.54) is 12.7 Å². The van der Waals surface area contributed by atoms with Crippen molar-refractivity contribution in [2.24, 2.45) is 40.9 Å². The molecule has 8 atom stereocenters. The van der Waals surface area contributed by atoms with Crippen molar-refractivity contribution in [3.8, 4) is 5.75 Å². The van der Waals surface area contributed by atoms with Crippen LogP contribution >= 0.6 is 0 Å². The molecule has 1 saturated heterocycles. The highest BCUT2D eigenvalue weighted by Gasteiger charge is 2.73. The third-order valence-corrected chi connectivity index (χ3v) is 10.5. The van der Waals surface area contributed by atoms with Gasteiger partial charge < -0.3 is 14.6 Å². The molecule has 2 bridgehead atoms. The zero-order valence-corrected chi connectivity index (χ0v) is 30.0. The number of likely N-dealkylation sites (tertiary alicyclic amines) is 1. The Kier molecular flexibility index (Phi) is 24.9. The van der Waals surface area contributed by atoms with Gasteiger partial charge in [0.15, 0.2) is 5.41 Å². The first-order chi connectivity index (χ1) is 21.4. The summed E-state index contributed by atoms with van der Waals surface area (Å²) < 4.78 is 50.6. The number of halogens is 3. The van der Waals surface area contributed by atoms with Gasteiger partial charge in [-0.1, -0.05) is 98.2 Å². The van der Waals surface area contributed by atoms with E-state index in [0.717, 1.165) is 22.4 Å². The summed E-state index contributed by atoms with van der Waals surface area (Å²) in [5.74, 6) is -2.43. The van der Waals surface area contributed by atoms with Crippen LogP contribution in [-0.4, -0.2) is 59.2 Å². The number of esters is 2. The molecule has 2 amide bonds. The largest absolute Gasteiger partial charge is 0.507 e. The number of imide groups is 1. The molecule has 0 spiro atoms. The summed E-state index contributed by atoms with van der Waals surface area (Å²) in [5, 5.41) is 9.59. The van der Waals surface area contributed by atoms with Crippen molar-refractivity contribution in [3.05, 3.63) is 28.8 Å². The highest BCUT2D eigenvalue weighted by molar-refractivity contribution is 6.06. The molecule has 2 saturated carbocycles. The third-order valence-electron chi connectivity index (χ3n) is 10.5. The Hall–Kier alpha value is -3.11. The number of phenols is 1. The highest BCUT2D eigenvalue weighted by atomic mass is 19.4. The van der Waals surface area contributed by atoms with E-state index in [4.69, 9.17) is 4.74 Å². The number of carbonyl (C=O) groups excluding carboxylic acids is 4. The second-order valence-electron chi connectivity index (χ2n) is 14.7. The predicted molar refractivity (Wildman–Crippen MR) is 213 cm³/mol. The lowest BCUT2D eigenvalue weighted by molar-refractivity contribution is -0.258. The molecule has 0 radical (unpaired) electrons. The van der Waals surface area contributed by atoms with Crippen molar-refractivity contribution < 1.29 is 46.9 Å². The molecule has 2 aliphatic carbocycles. The lowest BCUT2D eigenvalue weighted by atomic mass is 9.65. The van der Waals surface area contributed by atoms with Gasteiger partial charge in [0.25, 0.3) is 0 Å². The molecule has 1 heterocycles. The number of aryl methyl sites for hydroxylation is 2. The molecule has 1 aromatic rings. The number of hydrogen-bond donors (Lipinski definition) is 1. The SMILES string of the molecule is C.C.C.C.C.C.CC1C2CC(C1C)C(C(=O)OC(C)(C)C)(C(F)(F)F)C2.CCC(C)c1cc(C)c(O)c(C)c1.COC(=O)CN1C(=O)C(C)C(C)C1=O. The average molecular weight is 766 g/mol. The maximum atomic E-state index is 13.7. The van der Waals surface area contributed by atoms with Crippen LogP contribution in [0.1, 0.15) is 149 Å². The quantitative estimate of drug-likeness (QED) is 0.235. The Bertz CT molecular complexity index is 1280. The topological polar surface area (TPSA) is 110 Å². The molecule has 0 aromatic heterocycles. The van der Waals surface area contributed by atoms with Gasteiger partial charge in [0.05, 0.1) is 7.11 Å². The van der Waals surface area contributed by atoms with Gasteiger partial charge in [-0.2, -0.15) is 13.2 Å². The number of ether oxygens (including phenoxy) is 2. The van der Waals surface area contributed by atoms with E-state index in [2.05, 4.69) is 30.7 Å². The zero-order chi connectivity index (χ0) is 36.4. The van der Waals surface area contributed by atoms with Crippen LogP contribution in [0.2, 0.25) is 0 Å². The fraction of sp³-hybridized carbons (Fsp3) is 0.762. The Balaban J connectivity index is -0.000000211. The number of amides is 2. The summed E-state index contributed by atoms with van der Waals surface area (Å²) in [4.78, 5) is 47.1. The summed E-state index contributed by atoms with van der Waals surface area (Å²) in [6.45, 7) is 20.0. The van der Waals surface area contributed by atoms with Crippen molar-refractivity contribution in [3.63, 3.8) is 0 Å². The Morgan fingerprint density at radius 3 is 1.66 bits per heavy atom. The van der Waals surface area contributed by atoms with Gasteiger partial charge in [-0.05, 0) is 100 Å². The summed E-state index contributed by atoms with van der Waals surface area (Å²) in [6, 6.07) is 4.16. The number of phenolic OH excluding ortho intramolecular Hbond substituents is 1. The fourth-order valence-electron chi connectivity index (χ4n) is 6.97. The van der Waals surface area contributed by atoms with E-state index in [1.54, 1.807) is 34.6 Å². The minimum absolute atomic E-state index is 0. The minimum Gasteiger partial charge on any atom is -0.507 e. The number of nitrogens with zero attached hydrogens (tertiary/aromatic N) is 1. The van der Waals surface area contributed by atoms with Crippen molar-refractivity contribution in [2.45, 2.75) is 158 Å². The Morgan fingerprint density at radius 2 is 1.34 bits per heavy atom. The van der Waals surface area contributed by atoms with E-state index in [9.17, 15) is 37.5 Å². The number of hydrogen-bond acceptors (Lipinski definition) is 7. The lowest BCUT2D eigenvalue weighted by Gasteiger charge is -2.43. The number of fused-ring (bicyclic) bond motifs is 2. The third kappa shape index (κ3) is 12.7. The molecular formula is C42H78F3NO7. The molecule has 1 N–H and O–H groups in total. The average Bonchev–Trinajstić information content (AvgIpc) is 3.58. The number of aromatic hydroxyl groups is 1. The molecule has 8 nitrogen and oxygen atoms in total. The van der Waals surface area contributed by atoms with E-state index in [0.29, 0.717) is 18.1 Å². The summed E-state index contributed by atoms with van der Waals surface area (Å²) in [6.07, 6.45) is -3.02. The molecule has 53 heavy (non-hydrogen) atoms. The molecule has 1 aromatic carbocycles. The first-order valence-electron chi connectivity index (χ1n) is 16.5. The normalized spacial score (nSPS) is 25.8. The van der Waals surface area contributed by atoms with Crippen LogP contribution in [-0.2, 0) is 28.7 Å². The maximum absolute atomic E-state index is 13.7. The minimum atomic E-state index is -4.54. The molecule has 3 aliphatic rings. The lowest BCUT2D eigenvalue weighted by Crippen LogP contribution is -2.54. The fourth-order valence-corrected chi connectivity index (χ4v) is 6.97. The molecule has 3 fully saturated rings. The van der Waals surface area contributed by atoms with Crippen molar-refractivity contribution in [1.82, 2.24) is 4.90 Å². The molecule has 8 unspecified atom stereocenters. The number of alkyl halides is 3. The summed E-state index contributed by atoms with van der Waals surface area (Å²) in [7, 11) is 1.22. The van der Waals surface area contributed by atoms with Crippen LogP contribution in [0.5, 0.6) is 5.75 Å². The maximum Gasteiger partial charge on any atom is 0.405 e. The molecular weight excluding hydrogens is 687 g/mol. The van der Waals surface area contributed by atoms with Gasteiger partial charge in [-0.15, -0.1) is 0 Å². The summed E-state index contributed by atoms with van der Waals surface area (Å²) in [5.41, 5.74) is 0.101. The number of rotatable bonds is 5. The number of benzene rings is 1. The van der Waals surface area contributed by atoms with Crippen molar-refractivity contribution in [2.75, 3.05) is 13.7 Å². The number of carbonyl (C=O) groups is 4. The van der Waals surface area contributed by atoms with Crippen molar-refractivity contribution in [1.29, 1.82) is 0 Å². The second kappa shape index (κ2) is 22.3. The zero-order valence-electron chi connectivity index (χ0n) is 30.0. The molecule has 11 heteroatoms. The van der Waals surface area contributed by atoms with Crippen LogP contribution < -0.4 is 0 Å². The van der Waals surface area contributed by atoms with E-state index in [-0.39, 0.29) is 98.9 Å². The van der Waals surface area contributed by atoms with Crippen LogP contribution in [0.15, 0.2) is 12.1 Å². The first kappa shape index (κ1) is 59.2. The van der Waals surface area contributed by atoms with Gasteiger partial charge >= 0.3 is 18.1 Å².